The summed E-state index contributed by atoms with van der Waals surface area (Å²) in [7, 11) is 0. The number of carbonyl (C=O) groups excluding carboxylic acids is 1. The number of aliphatic hydroxyl groups excluding tert-OH is 1. The molecule has 0 heterocycles. The van der Waals surface area contributed by atoms with E-state index in [-0.39, 0.29) is 6.42 Å². The molecular weight excluding hydrogens is 177 g/mol. The van der Waals surface area contributed by atoms with Gasteiger partial charge in [-0.05, 0) is 0 Å². The maximum atomic E-state index is 11.6. The highest BCUT2D eigenvalue weighted by atomic mass is 19.4. The van der Waals surface area contributed by atoms with Gasteiger partial charge in [0.25, 0.3) is 0 Å². The Hall–Kier alpha value is -0.780. The quantitative estimate of drug-likeness (QED) is 0.665. The fourth-order valence-electron chi connectivity index (χ4n) is 0.368. The van der Waals surface area contributed by atoms with Gasteiger partial charge in [0, 0.05) is 6.42 Å². The van der Waals surface area contributed by atoms with Gasteiger partial charge >= 0.3 is 12.1 Å². The SMILES string of the molecule is CCC(=O)OCC(O)C(F)(F)F. The van der Waals surface area contributed by atoms with Crippen molar-refractivity contribution in [3.63, 3.8) is 0 Å². The Morgan fingerprint density at radius 3 is 2.42 bits per heavy atom. The van der Waals surface area contributed by atoms with E-state index in [9.17, 15) is 18.0 Å². The monoisotopic (exact) mass is 186 g/mol. The van der Waals surface area contributed by atoms with E-state index >= 15 is 0 Å². The highest BCUT2D eigenvalue weighted by Crippen LogP contribution is 2.19. The second-order valence-electron chi connectivity index (χ2n) is 2.09. The first-order valence-corrected chi connectivity index (χ1v) is 3.28. The Morgan fingerprint density at radius 1 is 1.58 bits per heavy atom. The first kappa shape index (κ1) is 11.2. The summed E-state index contributed by atoms with van der Waals surface area (Å²) in [5.41, 5.74) is 0. The smallest absolute Gasteiger partial charge is 0.417 e. The maximum absolute atomic E-state index is 11.6. The summed E-state index contributed by atoms with van der Waals surface area (Å²) in [5.74, 6) is -0.765. The third-order valence-corrected chi connectivity index (χ3v) is 1.07. The zero-order valence-electron chi connectivity index (χ0n) is 6.39. The molecule has 0 aromatic rings. The number of ether oxygens (including phenoxy) is 1. The standard InChI is InChI=1S/C6H9F3O3/c1-2-5(11)12-3-4(10)6(7,8)9/h4,10H,2-3H2,1H3. The minimum atomic E-state index is -4.73. The first-order valence-electron chi connectivity index (χ1n) is 3.28. The normalized spacial score (nSPS) is 14.1. The van der Waals surface area contributed by atoms with Crippen molar-refractivity contribution in [1.29, 1.82) is 0 Å². The first-order chi connectivity index (χ1) is 5.38. The van der Waals surface area contributed by atoms with Gasteiger partial charge in [-0.1, -0.05) is 6.92 Å². The van der Waals surface area contributed by atoms with E-state index in [0.717, 1.165) is 0 Å². The van der Waals surface area contributed by atoms with Crippen molar-refractivity contribution in [3.8, 4) is 0 Å². The highest BCUT2D eigenvalue weighted by Gasteiger charge is 2.38. The fraction of sp³-hybridized carbons (Fsp3) is 0.833. The molecule has 1 unspecified atom stereocenters. The lowest BCUT2D eigenvalue weighted by molar-refractivity contribution is -0.217. The number of aliphatic hydroxyl groups is 1. The van der Waals surface area contributed by atoms with Crippen LogP contribution in [0.2, 0.25) is 0 Å². The van der Waals surface area contributed by atoms with Crippen molar-refractivity contribution in [3.05, 3.63) is 0 Å². The summed E-state index contributed by atoms with van der Waals surface area (Å²) in [6.45, 7) is 0.415. The molecule has 0 radical (unpaired) electrons. The van der Waals surface area contributed by atoms with Crippen LogP contribution in [0, 0.1) is 0 Å². The zero-order chi connectivity index (χ0) is 9.78. The van der Waals surface area contributed by atoms with Gasteiger partial charge in [0.15, 0.2) is 6.10 Å². The number of hydrogen-bond donors (Lipinski definition) is 1. The number of esters is 1. The van der Waals surface area contributed by atoms with E-state index in [1.165, 1.54) is 6.92 Å². The molecule has 0 aliphatic carbocycles. The number of carbonyl (C=O) groups is 1. The van der Waals surface area contributed by atoms with E-state index in [0.29, 0.717) is 0 Å². The molecule has 12 heavy (non-hydrogen) atoms. The molecular formula is C6H9F3O3. The van der Waals surface area contributed by atoms with Crippen molar-refractivity contribution in [1.82, 2.24) is 0 Å². The number of rotatable bonds is 3. The molecule has 0 rings (SSSR count). The largest absolute Gasteiger partial charge is 0.463 e. The van der Waals surface area contributed by atoms with Crippen LogP contribution < -0.4 is 0 Å². The van der Waals surface area contributed by atoms with Gasteiger partial charge in [0.05, 0.1) is 0 Å². The van der Waals surface area contributed by atoms with Crippen molar-refractivity contribution in [2.24, 2.45) is 0 Å². The van der Waals surface area contributed by atoms with Crippen LogP contribution in [0.4, 0.5) is 13.2 Å². The lowest BCUT2D eigenvalue weighted by Crippen LogP contribution is -2.33. The number of hydrogen-bond acceptors (Lipinski definition) is 3. The van der Waals surface area contributed by atoms with Crippen LogP contribution in [-0.4, -0.2) is 30.0 Å². The molecule has 0 aromatic heterocycles. The maximum Gasteiger partial charge on any atom is 0.417 e. The van der Waals surface area contributed by atoms with Crippen LogP contribution in [0.3, 0.4) is 0 Å². The summed E-state index contributed by atoms with van der Waals surface area (Å²) in [4.78, 5) is 10.3. The Bertz CT molecular complexity index is 155. The number of halogens is 3. The van der Waals surface area contributed by atoms with Crippen molar-refractivity contribution < 1.29 is 27.8 Å². The second kappa shape index (κ2) is 4.30. The predicted molar refractivity (Wildman–Crippen MR) is 33.3 cm³/mol. The summed E-state index contributed by atoms with van der Waals surface area (Å²) >= 11 is 0. The average Bonchev–Trinajstić information content (AvgIpc) is 1.97. The fourth-order valence-corrected chi connectivity index (χ4v) is 0.368. The molecule has 0 saturated carbocycles. The van der Waals surface area contributed by atoms with Crippen molar-refractivity contribution >= 4 is 5.97 Å². The molecule has 3 nitrogen and oxygen atoms in total. The van der Waals surface area contributed by atoms with Gasteiger partial charge in [-0.15, -0.1) is 0 Å². The Morgan fingerprint density at radius 2 is 2.08 bits per heavy atom. The van der Waals surface area contributed by atoms with Crippen molar-refractivity contribution in [2.45, 2.75) is 25.6 Å². The van der Waals surface area contributed by atoms with Crippen LogP contribution >= 0.6 is 0 Å². The molecule has 0 amide bonds. The third-order valence-electron chi connectivity index (χ3n) is 1.07. The Kier molecular flexibility index (Phi) is 4.02. The summed E-state index contributed by atoms with van der Waals surface area (Å²) in [6, 6.07) is 0. The molecule has 0 bridgehead atoms. The van der Waals surface area contributed by atoms with E-state index in [4.69, 9.17) is 5.11 Å². The van der Waals surface area contributed by atoms with Crippen LogP contribution in [0.25, 0.3) is 0 Å². The lowest BCUT2D eigenvalue weighted by atomic mass is 10.4. The molecule has 72 valence electrons. The summed E-state index contributed by atoms with van der Waals surface area (Å²) in [5, 5.41) is 8.33. The van der Waals surface area contributed by atoms with Crippen LogP contribution in [0.15, 0.2) is 0 Å². The van der Waals surface area contributed by atoms with Gasteiger partial charge < -0.3 is 9.84 Å². The van der Waals surface area contributed by atoms with E-state index in [1.54, 1.807) is 0 Å². The average molecular weight is 186 g/mol. The van der Waals surface area contributed by atoms with Crippen LogP contribution in [0.5, 0.6) is 0 Å². The summed E-state index contributed by atoms with van der Waals surface area (Å²) in [6.07, 6.45) is -7.33. The molecule has 0 aliphatic heterocycles. The number of alkyl halides is 3. The van der Waals surface area contributed by atoms with E-state index in [1.807, 2.05) is 0 Å². The van der Waals surface area contributed by atoms with Crippen LogP contribution in [0.1, 0.15) is 13.3 Å². The molecule has 0 spiro atoms. The molecule has 6 heteroatoms. The van der Waals surface area contributed by atoms with Crippen LogP contribution in [-0.2, 0) is 9.53 Å². The predicted octanol–water partition coefficient (Wildman–Crippen LogP) is 0.863. The highest BCUT2D eigenvalue weighted by molar-refractivity contribution is 5.68. The van der Waals surface area contributed by atoms with E-state index < -0.39 is 24.9 Å². The molecule has 0 aromatic carbocycles. The topological polar surface area (TPSA) is 46.5 Å². The second-order valence-corrected chi connectivity index (χ2v) is 2.09. The molecule has 0 fully saturated rings. The summed E-state index contributed by atoms with van der Waals surface area (Å²) < 4.78 is 38.8. The molecule has 1 N–H and O–H groups in total. The van der Waals surface area contributed by atoms with Gasteiger partial charge in [-0.2, -0.15) is 13.2 Å². The van der Waals surface area contributed by atoms with E-state index in [2.05, 4.69) is 4.74 Å². The minimum absolute atomic E-state index is 0.00935. The van der Waals surface area contributed by atoms with Gasteiger partial charge in [-0.3, -0.25) is 4.79 Å². The molecule has 0 aliphatic rings. The third kappa shape index (κ3) is 4.17. The van der Waals surface area contributed by atoms with Gasteiger partial charge in [0.1, 0.15) is 6.61 Å². The molecule has 1 atom stereocenters. The zero-order valence-corrected chi connectivity index (χ0v) is 6.39. The Balaban J connectivity index is 3.72. The lowest BCUT2D eigenvalue weighted by Gasteiger charge is -2.13. The Labute approximate surface area is 67.1 Å². The van der Waals surface area contributed by atoms with Crippen molar-refractivity contribution in [2.75, 3.05) is 6.61 Å². The van der Waals surface area contributed by atoms with Gasteiger partial charge in [-0.25, -0.2) is 0 Å². The van der Waals surface area contributed by atoms with Gasteiger partial charge in [0.2, 0.25) is 0 Å². The minimum Gasteiger partial charge on any atom is -0.463 e. The molecule has 0 saturated heterocycles.